The normalized spacial score (nSPS) is 20.7. The molecule has 16 heteroatoms. The molecule has 5 aromatic carbocycles. The van der Waals surface area contributed by atoms with Gasteiger partial charge in [-0.1, -0.05) is 113 Å². The summed E-state index contributed by atoms with van der Waals surface area (Å²) >= 11 is 0. The Balaban J connectivity index is 1.34. The van der Waals surface area contributed by atoms with Crippen molar-refractivity contribution in [2.24, 2.45) is 0 Å². The lowest BCUT2D eigenvalue weighted by Gasteiger charge is -2.48. The molecule has 0 aliphatic carbocycles. The summed E-state index contributed by atoms with van der Waals surface area (Å²) in [6.45, 7) is 26.0. The van der Waals surface area contributed by atoms with Crippen molar-refractivity contribution >= 4 is 60.3 Å². The number of hydrogen-bond acceptors (Lipinski definition) is 14. The van der Waals surface area contributed by atoms with Crippen molar-refractivity contribution in [1.82, 2.24) is 0 Å². The van der Waals surface area contributed by atoms with E-state index in [1.54, 1.807) is 35.5 Å². The van der Waals surface area contributed by atoms with Crippen molar-refractivity contribution in [2.75, 3.05) is 47.2 Å². The van der Waals surface area contributed by atoms with E-state index >= 15 is 0 Å². The Labute approximate surface area is 436 Å². The van der Waals surface area contributed by atoms with E-state index in [9.17, 15) is 0 Å². The average Bonchev–Trinajstić information content (AvgIpc) is 3.61. The van der Waals surface area contributed by atoms with Gasteiger partial charge in [-0.3, -0.25) is 4.52 Å². The molecule has 1 N–H and O–H groups in total. The summed E-state index contributed by atoms with van der Waals surface area (Å²) in [4.78, 5) is 0. The number of ether oxygens (including phenoxy) is 8. The summed E-state index contributed by atoms with van der Waals surface area (Å²) < 4.78 is 87.1. The lowest BCUT2D eigenvalue weighted by atomic mass is 9.84. The molecule has 6 atom stereocenters. The Morgan fingerprint density at radius 2 is 0.892 bits per heavy atom. The third-order valence-electron chi connectivity index (χ3n) is 13.8. The van der Waals surface area contributed by atoms with E-state index < -0.39 is 75.0 Å². The zero-order valence-corrected chi connectivity index (χ0v) is 47.7. The molecule has 1 unspecified atom stereocenters. The van der Waals surface area contributed by atoms with Gasteiger partial charge < -0.3 is 54.7 Å². The quantitative estimate of drug-likeness (QED) is 0.138. The first-order chi connectivity index (χ1) is 34.9. The first-order valence-corrected chi connectivity index (χ1v) is 27.4. The molecule has 0 bridgehead atoms. The van der Waals surface area contributed by atoms with Crippen molar-refractivity contribution in [3.05, 3.63) is 107 Å². The topological polar surface area (TPSA) is 148 Å². The smallest absolute Gasteiger partial charge is 0.387 e. The molecule has 0 amide bonds. The van der Waals surface area contributed by atoms with Crippen molar-refractivity contribution in [3.63, 3.8) is 0 Å². The SMILES string of the molecule is COc1cc(C(C)(C)C)c2op(N[C@H]3[C@@H](OC)O[C@@H]4COC(c5ccccc5)O[C@H]4[C@@H]3Op3oc4c(C(C)(C)C)cc(OC)cc4c4cc(OC)cc(C(C)(C)C)c4o3)oc3c(C(C)(C)C)cc(OC)cc3c2c1. The van der Waals surface area contributed by atoms with Crippen LogP contribution in [0.3, 0.4) is 0 Å². The summed E-state index contributed by atoms with van der Waals surface area (Å²) in [7, 11) is 3.86. The minimum atomic E-state index is -2.32. The molecular formula is C58H73NO13P2. The summed E-state index contributed by atoms with van der Waals surface area (Å²) in [5, 5.41) is 6.96. The van der Waals surface area contributed by atoms with Gasteiger partial charge in [-0.05, 0) is 70.2 Å². The molecule has 0 radical (unpaired) electrons. The highest BCUT2D eigenvalue weighted by Crippen LogP contribution is 2.49. The van der Waals surface area contributed by atoms with Gasteiger partial charge in [-0.25, -0.2) is 5.09 Å². The van der Waals surface area contributed by atoms with Crippen molar-refractivity contribution in [2.45, 2.75) is 142 Å². The molecule has 0 spiro atoms. The molecule has 2 fully saturated rings. The van der Waals surface area contributed by atoms with Crippen LogP contribution in [0.1, 0.15) is 117 Å². The van der Waals surface area contributed by atoms with Crippen LogP contribution in [0.5, 0.6) is 23.0 Å². The number of hydrogen-bond donors (Lipinski definition) is 1. The largest absolute Gasteiger partial charge is 0.497 e. The van der Waals surface area contributed by atoms with Crippen LogP contribution in [0, 0.1) is 0 Å². The van der Waals surface area contributed by atoms with Crippen LogP contribution < -0.4 is 28.6 Å². The second-order valence-corrected chi connectivity index (χ2v) is 25.4. The molecule has 2 aliphatic rings. The monoisotopic (exact) mass is 1050 g/mol. The number of methoxy groups -OCH3 is 5. The lowest BCUT2D eigenvalue weighted by molar-refractivity contribution is -0.331. The average molecular weight is 1050 g/mol. The van der Waals surface area contributed by atoms with Gasteiger partial charge in [0.2, 0.25) is 0 Å². The molecule has 74 heavy (non-hydrogen) atoms. The predicted molar refractivity (Wildman–Crippen MR) is 293 cm³/mol. The van der Waals surface area contributed by atoms with E-state index in [4.69, 9.17) is 59.2 Å². The number of nitrogens with one attached hydrogen (secondary N) is 1. The van der Waals surface area contributed by atoms with Gasteiger partial charge in [0.1, 0.15) is 69.7 Å². The van der Waals surface area contributed by atoms with E-state index in [2.05, 4.69) is 88.2 Å². The highest BCUT2D eigenvalue weighted by Gasteiger charge is 2.53. The van der Waals surface area contributed by atoms with E-state index in [0.29, 0.717) is 45.3 Å². The first-order valence-electron chi connectivity index (χ1n) is 25.1. The molecule has 7 aromatic rings. The molecule has 9 rings (SSSR count). The maximum atomic E-state index is 7.52. The van der Waals surface area contributed by atoms with Crippen molar-refractivity contribution < 1.29 is 59.2 Å². The third-order valence-corrected chi connectivity index (χ3v) is 16.1. The standard InChI is InChI=1S/C58H73NO13P2/c1-55(2,3)41-27-33(60-13)23-37-38-24-34(61-14)28-42(56(4,5)6)48(38)69-73(68-47(37)41)59-46-52(51-45(66-54(46)64-17)31-65-53(67-51)32-21-19-18-20-22-32)72-74-70-49-39(25-35(62-15)29-43(49)57(7,8)9)40-26-36(63-16)30-44(50(40)71-74)58(10,11)12/h18-30,45-46,51-54,59H,31H2,1-17H3/t45-,46-,51-,52-,53?,54+/m1/s1. The molecule has 398 valence electrons. The van der Waals surface area contributed by atoms with Gasteiger partial charge >= 0.3 is 16.4 Å². The van der Waals surface area contributed by atoms with Crippen LogP contribution in [-0.4, -0.2) is 72.8 Å². The first kappa shape index (κ1) is 53.7. The summed E-state index contributed by atoms with van der Waals surface area (Å²) in [5.41, 5.74) is 5.37. The van der Waals surface area contributed by atoms with Gasteiger partial charge in [0.05, 0.1) is 35.0 Å². The Bertz CT molecular complexity index is 3100. The number of fused-ring (bicyclic) bond motifs is 7. The Morgan fingerprint density at radius 1 is 0.500 bits per heavy atom. The number of rotatable bonds is 10. The fourth-order valence-corrected chi connectivity index (χ4v) is 12.4. The highest BCUT2D eigenvalue weighted by molar-refractivity contribution is 7.38. The lowest BCUT2D eigenvalue weighted by Crippen LogP contribution is -2.65. The van der Waals surface area contributed by atoms with Gasteiger partial charge in [0.15, 0.2) is 12.6 Å². The Kier molecular flexibility index (Phi) is 14.8. The second-order valence-electron chi connectivity index (χ2n) is 23.2. The molecule has 2 saturated heterocycles. The van der Waals surface area contributed by atoms with Crippen LogP contribution in [-0.2, 0) is 40.6 Å². The van der Waals surface area contributed by atoms with E-state index in [1.165, 1.54) is 0 Å². The molecule has 14 nitrogen and oxygen atoms in total. The maximum Gasteiger partial charge on any atom is 0.387 e. The van der Waals surface area contributed by atoms with Crippen LogP contribution in [0.25, 0.3) is 43.9 Å². The Morgan fingerprint density at radius 3 is 1.26 bits per heavy atom. The van der Waals surface area contributed by atoms with Crippen LogP contribution in [0.4, 0.5) is 0 Å². The summed E-state index contributed by atoms with van der Waals surface area (Å²) in [6.07, 6.45) is -4.01. The van der Waals surface area contributed by atoms with Crippen molar-refractivity contribution in [3.8, 4) is 23.0 Å². The van der Waals surface area contributed by atoms with Crippen LogP contribution >= 0.6 is 16.4 Å². The van der Waals surface area contributed by atoms with Gasteiger partial charge in [-0.2, -0.15) is 0 Å². The summed E-state index contributed by atoms with van der Waals surface area (Å²) in [6, 6.07) is 25.1. The van der Waals surface area contributed by atoms with Crippen LogP contribution in [0.2, 0.25) is 0 Å². The molecule has 0 saturated carbocycles. The highest BCUT2D eigenvalue weighted by atomic mass is 31.1. The van der Waals surface area contributed by atoms with Gasteiger partial charge in [0.25, 0.3) is 0 Å². The minimum absolute atomic E-state index is 0.181. The zero-order valence-electron chi connectivity index (χ0n) is 45.9. The molecule has 4 heterocycles. The maximum absolute atomic E-state index is 7.52. The molecule has 2 aliphatic heterocycles. The molecule has 2 aromatic heterocycles. The van der Waals surface area contributed by atoms with Crippen molar-refractivity contribution in [1.29, 1.82) is 0 Å². The predicted octanol–water partition coefficient (Wildman–Crippen LogP) is 15.0. The van der Waals surface area contributed by atoms with Gasteiger partial charge in [-0.15, -0.1) is 0 Å². The fraction of sp³-hybridized carbons (Fsp3) is 0.483. The minimum Gasteiger partial charge on any atom is -0.497 e. The zero-order chi connectivity index (χ0) is 53.2. The van der Waals surface area contributed by atoms with Crippen LogP contribution in [0.15, 0.2) is 95.6 Å². The second kappa shape index (κ2) is 20.4. The number of benzene rings is 5. The summed E-state index contributed by atoms with van der Waals surface area (Å²) in [5.74, 6) is 2.71. The van der Waals surface area contributed by atoms with E-state index in [1.807, 2.05) is 78.9 Å². The van der Waals surface area contributed by atoms with E-state index in [0.717, 1.165) is 49.4 Å². The third kappa shape index (κ3) is 10.5. The fourth-order valence-electron chi connectivity index (χ4n) is 9.79. The van der Waals surface area contributed by atoms with E-state index in [-0.39, 0.29) is 6.61 Å². The Hall–Kier alpha value is -5.14. The molecular weight excluding hydrogens is 981 g/mol. The van der Waals surface area contributed by atoms with Gasteiger partial charge in [0, 0.05) is 56.5 Å².